The highest BCUT2D eigenvalue weighted by atomic mass is 32.1. The summed E-state index contributed by atoms with van der Waals surface area (Å²) in [4.78, 5) is 17.5. The maximum atomic E-state index is 13.3. The predicted molar refractivity (Wildman–Crippen MR) is 122 cm³/mol. The van der Waals surface area contributed by atoms with Crippen molar-refractivity contribution in [3.8, 4) is 28.4 Å². The van der Waals surface area contributed by atoms with Crippen LogP contribution in [-0.2, 0) is 6.42 Å². The van der Waals surface area contributed by atoms with Gasteiger partial charge in [0.05, 0.1) is 43.1 Å². The van der Waals surface area contributed by atoms with Crippen LogP contribution in [0.25, 0.3) is 16.9 Å². The third-order valence-corrected chi connectivity index (χ3v) is 5.68. The number of thiazole rings is 1. The number of carbonyl (C=O) groups is 1. The van der Waals surface area contributed by atoms with Crippen molar-refractivity contribution in [2.45, 2.75) is 13.3 Å². The number of nitrogens with zero attached hydrogens (tertiary/aromatic N) is 3. The molecule has 1 amide bonds. The molecule has 164 valence electrons. The van der Waals surface area contributed by atoms with Gasteiger partial charge in [-0.15, -0.1) is 11.3 Å². The molecule has 4 rings (SSSR count). The van der Waals surface area contributed by atoms with Crippen LogP contribution >= 0.6 is 11.3 Å². The fraction of sp³-hybridized carbons (Fsp3) is 0.174. The lowest BCUT2D eigenvalue weighted by atomic mass is 10.1. The van der Waals surface area contributed by atoms with E-state index in [0.717, 1.165) is 11.3 Å². The molecule has 9 heteroatoms. The number of ether oxygens (including phenoxy) is 2. The van der Waals surface area contributed by atoms with Gasteiger partial charge in [0.2, 0.25) is 0 Å². The molecule has 0 atom stereocenters. The molecule has 0 unspecified atom stereocenters. The number of hydrogen-bond donors (Lipinski definition) is 1. The lowest BCUT2D eigenvalue weighted by Gasteiger charge is -2.08. The molecule has 2 aromatic heterocycles. The summed E-state index contributed by atoms with van der Waals surface area (Å²) in [5.74, 6) is 0.601. The standard InChI is InChI=1S/C23H21FN4O3S/c1-4-19-17(12-25-28(19)16-8-6-15(24)7-9-16)22(29)27-23-26-18(13-32-23)14-5-10-20(30-2)21(11-14)31-3/h5-13H,4H2,1-3H3,(H,26,27,29). The van der Waals surface area contributed by atoms with Crippen LogP contribution in [0.4, 0.5) is 9.52 Å². The zero-order valence-corrected chi connectivity index (χ0v) is 18.6. The Morgan fingerprint density at radius 3 is 2.56 bits per heavy atom. The van der Waals surface area contributed by atoms with E-state index in [9.17, 15) is 9.18 Å². The SMILES string of the molecule is CCc1c(C(=O)Nc2nc(-c3ccc(OC)c(OC)c3)cs2)cnn1-c1ccc(F)cc1. The van der Waals surface area contributed by atoms with Gasteiger partial charge in [-0.05, 0) is 48.9 Å². The molecular formula is C23H21FN4O3S. The van der Waals surface area contributed by atoms with Crippen LogP contribution in [0.1, 0.15) is 23.0 Å². The second kappa shape index (κ2) is 9.19. The van der Waals surface area contributed by atoms with Crippen LogP contribution in [0.3, 0.4) is 0 Å². The van der Waals surface area contributed by atoms with Crippen LogP contribution in [0.2, 0.25) is 0 Å². The van der Waals surface area contributed by atoms with E-state index in [1.165, 1.54) is 29.7 Å². The molecule has 4 aromatic rings. The number of anilines is 1. The molecule has 0 aliphatic rings. The highest BCUT2D eigenvalue weighted by molar-refractivity contribution is 7.14. The maximum absolute atomic E-state index is 13.3. The smallest absolute Gasteiger partial charge is 0.260 e. The number of methoxy groups -OCH3 is 2. The fourth-order valence-corrected chi connectivity index (χ4v) is 4.05. The highest BCUT2D eigenvalue weighted by Gasteiger charge is 2.19. The quantitative estimate of drug-likeness (QED) is 0.429. The van der Waals surface area contributed by atoms with Crippen LogP contribution in [0, 0.1) is 5.82 Å². The van der Waals surface area contributed by atoms with E-state index in [1.807, 2.05) is 30.5 Å². The zero-order chi connectivity index (χ0) is 22.7. The van der Waals surface area contributed by atoms with Gasteiger partial charge in [0.15, 0.2) is 16.6 Å². The molecule has 0 spiro atoms. The Morgan fingerprint density at radius 1 is 1.12 bits per heavy atom. The summed E-state index contributed by atoms with van der Waals surface area (Å²) in [6.07, 6.45) is 2.09. The van der Waals surface area contributed by atoms with Gasteiger partial charge in [-0.2, -0.15) is 5.10 Å². The average Bonchev–Trinajstić information content (AvgIpc) is 3.46. The van der Waals surface area contributed by atoms with Crippen molar-refractivity contribution in [3.05, 3.63) is 71.1 Å². The third-order valence-electron chi connectivity index (χ3n) is 4.92. The molecule has 0 aliphatic heterocycles. The zero-order valence-electron chi connectivity index (χ0n) is 17.8. The minimum absolute atomic E-state index is 0.302. The first-order chi connectivity index (χ1) is 15.5. The highest BCUT2D eigenvalue weighted by Crippen LogP contribution is 2.33. The van der Waals surface area contributed by atoms with Crippen molar-refractivity contribution in [1.29, 1.82) is 0 Å². The van der Waals surface area contributed by atoms with Gasteiger partial charge < -0.3 is 9.47 Å². The topological polar surface area (TPSA) is 78.3 Å². The van der Waals surface area contributed by atoms with Crippen LogP contribution in [0.5, 0.6) is 11.5 Å². The van der Waals surface area contributed by atoms with Crippen LogP contribution in [-0.4, -0.2) is 34.9 Å². The Labute approximate surface area is 188 Å². The second-order valence-corrected chi connectivity index (χ2v) is 7.67. The van der Waals surface area contributed by atoms with E-state index in [0.29, 0.717) is 40.0 Å². The Morgan fingerprint density at radius 2 is 1.88 bits per heavy atom. The van der Waals surface area contributed by atoms with Gasteiger partial charge in [-0.1, -0.05) is 6.92 Å². The van der Waals surface area contributed by atoms with Crippen LogP contribution in [0.15, 0.2) is 54.0 Å². The van der Waals surface area contributed by atoms with Crippen molar-refractivity contribution in [2.24, 2.45) is 0 Å². The van der Waals surface area contributed by atoms with Crippen LogP contribution < -0.4 is 14.8 Å². The van der Waals surface area contributed by atoms with Gasteiger partial charge in [-0.3, -0.25) is 10.1 Å². The monoisotopic (exact) mass is 452 g/mol. The summed E-state index contributed by atoms with van der Waals surface area (Å²) < 4.78 is 25.5. The van der Waals surface area contributed by atoms with Gasteiger partial charge >= 0.3 is 0 Å². The molecule has 0 saturated carbocycles. The van der Waals surface area contributed by atoms with Crippen molar-refractivity contribution in [3.63, 3.8) is 0 Å². The van der Waals surface area contributed by atoms with E-state index in [-0.39, 0.29) is 11.7 Å². The van der Waals surface area contributed by atoms with Crippen molar-refractivity contribution in [1.82, 2.24) is 14.8 Å². The second-order valence-electron chi connectivity index (χ2n) is 6.81. The summed E-state index contributed by atoms with van der Waals surface area (Å²) in [6, 6.07) is 11.5. The summed E-state index contributed by atoms with van der Waals surface area (Å²) >= 11 is 1.33. The predicted octanol–water partition coefficient (Wildman–Crippen LogP) is 4.97. The minimum Gasteiger partial charge on any atom is -0.493 e. The number of amides is 1. The summed E-state index contributed by atoms with van der Waals surface area (Å²) in [5, 5.41) is 9.51. The van der Waals surface area contributed by atoms with Crippen molar-refractivity contribution in [2.75, 3.05) is 19.5 Å². The number of benzene rings is 2. The molecular weight excluding hydrogens is 431 g/mol. The molecule has 1 N–H and O–H groups in total. The van der Waals surface area contributed by atoms with Gasteiger partial charge in [-0.25, -0.2) is 14.1 Å². The maximum Gasteiger partial charge on any atom is 0.260 e. The molecule has 7 nitrogen and oxygen atoms in total. The number of aromatic nitrogens is 3. The van der Waals surface area contributed by atoms with E-state index in [2.05, 4.69) is 15.4 Å². The molecule has 0 bridgehead atoms. The Kier molecular flexibility index (Phi) is 6.18. The Balaban J connectivity index is 1.56. The summed E-state index contributed by atoms with van der Waals surface area (Å²) in [6.45, 7) is 1.94. The largest absolute Gasteiger partial charge is 0.493 e. The van der Waals surface area contributed by atoms with Gasteiger partial charge in [0.25, 0.3) is 5.91 Å². The molecule has 2 aromatic carbocycles. The number of halogens is 1. The van der Waals surface area contributed by atoms with Gasteiger partial charge in [0.1, 0.15) is 5.82 Å². The minimum atomic E-state index is -0.328. The first-order valence-electron chi connectivity index (χ1n) is 9.86. The lowest BCUT2D eigenvalue weighted by Crippen LogP contribution is -2.14. The van der Waals surface area contributed by atoms with E-state index in [4.69, 9.17) is 9.47 Å². The summed E-state index contributed by atoms with van der Waals surface area (Å²) in [5.41, 5.74) is 3.42. The third kappa shape index (κ3) is 4.19. The molecule has 0 saturated heterocycles. The molecule has 0 radical (unpaired) electrons. The van der Waals surface area contributed by atoms with E-state index in [1.54, 1.807) is 31.0 Å². The van der Waals surface area contributed by atoms with Gasteiger partial charge in [0, 0.05) is 10.9 Å². The molecule has 2 heterocycles. The number of nitrogens with one attached hydrogen (secondary N) is 1. The van der Waals surface area contributed by atoms with E-state index < -0.39 is 0 Å². The molecule has 0 fully saturated rings. The molecule has 0 aliphatic carbocycles. The average molecular weight is 453 g/mol. The van der Waals surface area contributed by atoms with Crippen molar-refractivity contribution >= 4 is 22.4 Å². The van der Waals surface area contributed by atoms with E-state index >= 15 is 0 Å². The number of carbonyl (C=O) groups excluding carboxylic acids is 1. The first-order valence-corrected chi connectivity index (χ1v) is 10.7. The lowest BCUT2D eigenvalue weighted by molar-refractivity contribution is 0.102. The summed E-state index contributed by atoms with van der Waals surface area (Å²) in [7, 11) is 3.16. The first kappa shape index (κ1) is 21.5. The Bertz CT molecular complexity index is 1250. The molecule has 32 heavy (non-hydrogen) atoms. The number of rotatable bonds is 7. The fourth-order valence-electron chi connectivity index (χ4n) is 3.33. The number of hydrogen-bond acceptors (Lipinski definition) is 6. The Hall–Kier alpha value is -3.72. The normalized spacial score (nSPS) is 10.8. The van der Waals surface area contributed by atoms with Crippen molar-refractivity contribution < 1.29 is 18.7 Å².